The maximum absolute atomic E-state index is 5.39. The highest BCUT2D eigenvalue weighted by Crippen LogP contribution is 2.21. The zero-order chi connectivity index (χ0) is 12.1. The van der Waals surface area contributed by atoms with Gasteiger partial charge < -0.3 is 10.1 Å². The molecule has 1 fully saturated rings. The fourth-order valence-corrected chi connectivity index (χ4v) is 2.45. The lowest BCUT2D eigenvalue weighted by Gasteiger charge is -2.32. The molecule has 0 saturated carbocycles. The molecule has 0 aliphatic carbocycles. The lowest BCUT2D eigenvalue weighted by Crippen LogP contribution is -2.40. The molecule has 17 heavy (non-hydrogen) atoms. The van der Waals surface area contributed by atoms with E-state index in [4.69, 9.17) is 4.74 Å². The van der Waals surface area contributed by atoms with Gasteiger partial charge in [0.2, 0.25) is 0 Å². The van der Waals surface area contributed by atoms with Gasteiger partial charge in [-0.2, -0.15) is 0 Å². The number of nitrogens with one attached hydrogen (secondary N) is 1. The number of para-hydroxylation sites is 1. The minimum absolute atomic E-state index is 0.698. The molecular weight excluding hydrogens is 212 g/mol. The molecular formula is C14H22N2O. The Morgan fingerprint density at radius 2 is 2.00 bits per heavy atom. The summed E-state index contributed by atoms with van der Waals surface area (Å²) in [4.78, 5) is 2.51. The van der Waals surface area contributed by atoms with Crippen LogP contribution in [0.2, 0.25) is 0 Å². The quantitative estimate of drug-likeness (QED) is 0.861. The summed E-state index contributed by atoms with van der Waals surface area (Å²) in [5.74, 6) is 1.00. The lowest BCUT2D eigenvalue weighted by atomic mass is 10.0. The normalized spacial score (nSPS) is 18.2. The van der Waals surface area contributed by atoms with Gasteiger partial charge in [-0.15, -0.1) is 0 Å². The summed E-state index contributed by atoms with van der Waals surface area (Å²) < 4.78 is 5.39. The molecule has 0 unspecified atom stereocenters. The predicted octanol–water partition coefficient (Wildman–Crippen LogP) is 1.88. The van der Waals surface area contributed by atoms with Crippen molar-refractivity contribution in [3.63, 3.8) is 0 Å². The van der Waals surface area contributed by atoms with Gasteiger partial charge in [-0.3, -0.25) is 4.90 Å². The van der Waals surface area contributed by atoms with Crippen molar-refractivity contribution in [2.24, 2.45) is 0 Å². The molecule has 0 aromatic heterocycles. The summed E-state index contributed by atoms with van der Waals surface area (Å²) in [6.07, 6.45) is 2.48. The van der Waals surface area contributed by atoms with E-state index in [1.807, 2.05) is 12.1 Å². The third-order valence-corrected chi connectivity index (χ3v) is 3.58. The van der Waals surface area contributed by atoms with Crippen molar-refractivity contribution in [2.75, 3.05) is 27.2 Å². The van der Waals surface area contributed by atoms with E-state index in [1.165, 1.54) is 31.5 Å². The molecule has 1 aromatic carbocycles. The van der Waals surface area contributed by atoms with E-state index in [9.17, 15) is 0 Å². The maximum Gasteiger partial charge on any atom is 0.123 e. The number of methoxy groups -OCH3 is 1. The lowest BCUT2D eigenvalue weighted by molar-refractivity contribution is 0.192. The van der Waals surface area contributed by atoms with Crippen LogP contribution in [0.15, 0.2) is 24.3 Å². The zero-order valence-corrected chi connectivity index (χ0v) is 10.8. The number of likely N-dealkylation sites (tertiary alicyclic amines) is 1. The highest BCUT2D eigenvalue weighted by atomic mass is 16.5. The first-order valence-corrected chi connectivity index (χ1v) is 6.35. The molecule has 94 valence electrons. The SMILES string of the molecule is CNC1CCN(Cc2ccccc2OC)CC1. The molecule has 1 heterocycles. The van der Waals surface area contributed by atoms with Crippen LogP contribution in [0.4, 0.5) is 0 Å². The Morgan fingerprint density at radius 3 is 2.65 bits per heavy atom. The Morgan fingerprint density at radius 1 is 1.29 bits per heavy atom. The van der Waals surface area contributed by atoms with Gasteiger partial charge >= 0.3 is 0 Å². The van der Waals surface area contributed by atoms with Crippen molar-refractivity contribution in [3.05, 3.63) is 29.8 Å². The second kappa shape index (κ2) is 6.03. The predicted molar refractivity (Wildman–Crippen MR) is 70.4 cm³/mol. The highest BCUT2D eigenvalue weighted by molar-refractivity contribution is 5.33. The molecule has 3 heteroatoms. The van der Waals surface area contributed by atoms with Crippen LogP contribution >= 0.6 is 0 Å². The van der Waals surface area contributed by atoms with Crippen molar-refractivity contribution in [1.29, 1.82) is 0 Å². The van der Waals surface area contributed by atoms with E-state index in [1.54, 1.807) is 7.11 Å². The number of piperidine rings is 1. The van der Waals surface area contributed by atoms with Gasteiger partial charge in [-0.1, -0.05) is 18.2 Å². The smallest absolute Gasteiger partial charge is 0.123 e. The third-order valence-electron chi connectivity index (χ3n) is 3.58. The number of ether oxygens (including phenoxy) is 1. The summed E-state index contributed by atoms with van der Waals surface area (Å²) in [5.41, 5.74) is 1.29. The first-order chi connectivity index (χ1) is 8.33. The van der Waals surface area contributed by atoms with Crippen LogP contribution in [-0.2, 0) is 6.54 Å². The van der Waals surface area contributed by atoms with Crippen LogP contribution in [0.1, 0.15) is 18.4 Å². The topological polar surface area (TPSA) is 24.5 Å². The molecule has 1 N–H and O–H groups in total. The Kier molecular flexibility index (Phi) is 4.40. The van der Waals surface area contributed by atoms with Gasteiger partial charge in [0.1, 0.15) is 5.75 Å². The molecule has 0 atom stereocenters. The van der Waals surface area contributed by atoms with Crippen molar-refractivity contribution in [3.8, 4) is 5.75 Å². The van der Waals surface area contributed by atoms with Crippen molar-refractivity contribution < 1.29 is 4.74 Å². The van der Waals surface area contributed by atoms with Gasteiger partial charge in [0.05, 0.1) is 7.11 Å². The first kappa shape index (κ1) is 12.4. The molecule has 2 rings (SSSR count). The molecule has 3 nitrogen and oxygen atoms in total. The Labute approximate surface area is 104 Å². The summed E-state index contributed by atoms with van der Waals surface area (Å²) in [5, 5.41) is 3.36. The average molecular weight is 234 g/mol. The van der Waals surface area contributed by atoms with E-state index in [-0.39, 0.29) is 0 Å². The molecule has 1 aromatic rings. The highest BCUT2D eigenvalue weighted by Gasteiger charge is 2.18. The van der Waals surface area contributed by atoms with Gasteiger partial charge in [-0.25, -0.2) is 0 Å². The fourth-order valence-electron chi connectivity index (χ4n) is 2.45. The number of hydrogen-bond acceptors (Lipinski definition) is 3. The van der Waals surface area contributed by atoms with E-state index >= 15 is 0 Å². The fraction of sp³-hybridized carbons (Fsp3) is 0.571. The minimum atomic E-state index is 0.698. The Balaban J connectivity index is 1.93. The number of rotatable bonds is 4. The summed E-state index contributed by atoms with van der Waals surface area (Å²) >= 11 is 0. The van der Waals surface area contributed by atoms with Crippen molar-refractivity contribution >= 4 is 0 Å². The van der Waals surface area contributed by atoms with E-state index < -0.39 is 0 Å². The van der Waals surface area contributed by atoms with E-state index in [0.717, 1.165) is 12.3 Å². The summed E-state index contributed by atoms with van der Waals surface area (Å²) in [7, 11) is 3.80. The molecule has 0 bridgehead atoms. The van der Waals surface area contributed by atoms with Crippen molar-refractivity contribution in [1.82, 2.24) is 10.2 Å². The standard InChI is InChI=1S/C14H22N2O/c1-15-13-7-9-16(10-8-13)11-12-5-3-4-6-14(12)17-2/h3-6,13,15H,7-11H2,1-2H3. The first-order valence-electron chi connectivity index (χ1n) is 6.35. The van der Waals surface area contributed by atoms with Gasteiger partial charge in [0.15, 0.2) is 0 Å². The average Bonchev–Trinajstić information content (AvgIpc) is 2.40. The molecule has 1 aliphatic heterocycles. The summed E-state index contributed by atoms with van der Waals surface area (Å²) in [6.45, 7) is 3.34. The molecule has 1 saturated heterocycles. The number of nitrogens with zero attached hydrogens (tertiary/aromatic N) is 1. The van der Waals surface area contributed by atoms with Crippen LogP contribution in [0.3, 0.4) is 0 Å². The monoisotopic (exact) mass is 234 g/mol. The number of benzene rings is 1. The molecule has 0 spiro atoms. The largest absolute Gasteiger partial charge is 0.496 e. The Bertz CT molecular complexity index is 346. The third kappa shape index (κ3) is 3.20. The Hall–Kier alpha value is -1.06. The minimum Gasteiger partial charge on any atom is -0.496 e. The molecule has 0 amide bonds. The van der Waals surface area contributed by atoms with E-state index in [2.05, 4.69) is 29.4 Å². The van der Waals surface area contributed by atoms with Crippen LogP contribution in [0.25, 0.3) is 0 Å². The van der Waals surface area contributed by atoms with Crippen LogP contribution in [-0.4, -0.2) is 38.2 Å². The number of hydrogen-bond donors (Lipinski definition) is 1. The van der Waals surface area contributed by atoms with Crippen LogP contribution in [0, 0.1) is 0 Å². The second-order valence-corrected chi connectivity index (χ2v) is 4.65. The van der Waals surface area contributed by atoms with Crippen molar-refractivity contribution in [2.45, 2.75) is 25.4 Å². The van der Waals surface area contributed by atoms with Gasteiger partial charge in [0, 0.05) is 18.2 Å². The van der Waals surface area contributed by atoms with Gasteiger partial charge in [-0.05, 0) is 39.0 Å². The van der Waals surface area contributed by atoms with E-state index in [0.29, 0.717) is 6.04 Å². The molecule has 1 aliphatic rings. The zero-order valence-electron chi connectivity index (χ0n) is 10.8. The maximum atomic E-state index is 5.39. The summed E-state index contributed by atoms with van der Waals surface area (Å²) in [6, 6.07) is 9.00. The molecule has 0 radical (unpaired) electrons. The van der Waals surface area contributed by atoms with Gasteiger partial charge in [0.25, 0.3) is 0 Å². The van der Waals surface area contributed by atoms with Crippen LogP contribution < -0.4 is 10.1 Å². The van der Waals surface area contributed by atoms with Crippen LogP contribution in [0.5, 0.6) is 5.75 Å². The second-order valence-electron chi connectivity index (χ2n) is 4.65.